The molecule has 3 rings (SSSR count). The molecule has 1 aromatic rings. The van der Waals surface area contributed by atoms with Gasteiger partial charge in [0.2, 0.25) is 15.9 Å². The van der Waals surface area contributed by atoms with E-state index in [1.165, 1.54) is 4.31 Å². The predicted octanol–water partition coefficient (Wildman–Crippen LogP) is 1.60. The first kappa shape index (κ1) is 21.2. The van der Waals surface area contributed by atoms with Crippen molar-refractivity contribution in [2.75, 3.05) is 26.2 Å². The summed E-state index contributed by atoms with van der Waals surface area (Å²) in [5.41, 5.74) is 1.82. The molecule has 0 saturated carbocycles. The van der Waals surface area contributed by atoms with Crippen LogP contribution >= 0.6 is 12.4 Å². The van der Waals surface area contributed by atoms with Gasteiger partial charge in [-0.25, -0.2) is 8.42 Å². The topological polar surface area (TPSA) is 78.5 Å². The number of carbonyl (C=O) groups is 1. The fourth-order valence-electron chi connectivity index (χ4n) is 3.68. The van der Waals surface area contributed by atoms with E-state index in [1.807, 2.05) is 26.0 Å². The average molecular weight is 402 g/mol. The number of amides is 1. The van der Waals surface area contributed by atoms with Gasteiger partial charge >= 0.3 is 0 Å². The number of halogens is 1. The van der Waals surface area contributed by atoms with Crippen LogP contribution in [0.25, 0.3) is 0 Å². The van der Waals surface area contributed by atoms with Crippen LogP contribution in [0, 0.1) is 19.8 Å². The first-order valence-electron chi connectivity index (χ1n) is 8.96. The highest BCUT2D eigenvalue weighted by molar-refractivity contribution is 7.89. The molecule has 2 aliphatic heterocycles. The van der Waals surface area contributed by atoms with Crippen LogP contribution in [-0.2, 0) is 14.8 Å². The van der Waals surface area contributed by atoms with Crippen molar-refractivity contribution >= 4 is 28.3 Å². The molecule has 146 valence electrons. The van der Waals surface area contributed by atoms with Crippen LogP contribution < -0.4 is 10.6 Å². The maximum absolute atomic E-state index is 12.9. The second-order valence-electron chi connectivity index (χ2n) is 7.15. The zero-order valence-corrected chi connectivity index (χ0v) is 17.0. The summed E-state index contributed by atoms with van der Waals surface area (Å²) in [6.07, 6.45) is 2.12. The van der Waals surface area contributed by atoms with Gasteiger partial charge < -0.3 is 10.6 Å². The highest BCUT2D eigenvalue weighted by atomic mass is 35.5. The molecule has 8 heteroatoms. The third-order valence-corrected chi connectivity index (χ3v) is 7.24. The lowest BCUT2D eigenvalue weighted by molar-refractivity contribution is -0.126. The Labute approximate surface area is 162 Å². The number of nitrogens with one attached hydrogen (secondary N) is 2. The second-order valence-corrected chi connectivity index (χ2v) is 9.05. The Balaban J connectivity index is 0.00000243. The van der Waals surface area contributed by atoms with Gasteiger partial charge in [0.25, 0.3) is 0 Å². The lowest BCUT2D eigenvalue weighted by Gasteiger charge is -2.31. The summed E-state index contributed by atoms with van der Waals surface area (Å²) < 4.78 is 27.3. The van der Waals surface area contributed by atoms with Crippen LogP contribution in [0.5, 0.6) is 0 Å². The highest BCUT2D eigenvalue weighted by Crippen LogP contribution is 2.26. The van der Waals surface area contributed by atoms with Gasteiger partial charge in [-0.15, -0.1) is 12.4 Å². The van der Waals surface area contributed by atoms with Gasteiger partial charge in [0.05, 0.1) is 4.90 Å². The minimum absolute atomic E-state index is 0. The van der Waals surface area contributed by atoms with Gasteiger partial charge in [-0.05, 0) is 51.3 Å². The maximum Gasteiger partial charge on any atom is 0.243 e. The summed E-state index contributed by atoms with van der Waals surface area (Å²) in [7, 11) is -3.49. The summed E-state index contributed by atoms with van der Waals surface area (Å²) in [5.74, 6) is -0.0246. The van der Waals surface area contributed by atoms with Gasteiger partial charge in [0.15, 0.2) is 0 Å². The fraction of sp³-hybridized carbons (Fsp3) is 0.611. The molecular weight excluding hydrogens is 374 g/mol. The quantitative estimate of drug-likeness (QED) is 0.803. The molecule has 1 unspecified atom stereocenters. The van der Waals surface area contributed by atoms with E-state index >= 15 is 0 Å². The Morgan fingerprint density at radius 3 is 2.46 bits per heavy atom. The molecule has 1 aromatic carbocycles. The number of carbonyl (C=O) groups excluding carboxylic acids is 1. The van der Waals surface area contributed by atoms with Crippen molar-refractivity contribution in [1.29, 1.82) is 0 Å². The van der Waals surface area contributed by atoms with Crippen LogP contribution in [0.4, 0.5) is 0 Å². The Morgan fingerprint density at radius 1 is 1.19 bits per heavy atom. The van der Waals surface area contributed by atoms with Gasteiger partial charge in [0.1, 0.15) is 0 Å². The molecule has 1 atom stereocenters. The molecular formula is C18H28ClN3O3S. The number of sulfonamides is 1. The Morgan fingerprint density at radius 2 is 1.88 bits per heavy atom. The predicted molar refractivity (Wildman–Crippen MR) is 104 cm³/mol. The van der Waals surface area contributed by atoms with Crippen LogP contribution in [0.2, 0.25) is 0 Å². The number of nitrogens with zero attached hydrogens (tertiary/aromatic N) is 1. The van der Waals surface area contributed by atoms with E-state index in [-0.39, 0.29) is 30.3 Å². The monoisotopic (exact) mass is 401 g/mol. The first-order chi connectivity index (χ1) is 11.9. The van der Waals surface area contributed by atoms with E-state index in [4.69, 9.17) is 0 Å². The number of benzene rings is 1. The van der Waals surface area contributed by atoms with Crippen molar-refractivity contribution in [3.8, 4) is 0 Å². The number of hydrogen-bond acceptors (Lipinski definition) is 4. The molecule has 2 heterocycles. The molecule has 0 spiro atoms. The molecule has 0 aromatic heterocycles. The van der Waals surface area contributed by atoms with Crippen molar-refractivity contribution in [2.45, 2.75) is 44.0 Å². The molecule has 0 bridgehead atoms. The van der Waals surface area contributed by atoms with Gasteiger partial charge in [-0.2, -0.15) is 4.31 Å². The minimum atomic E-state index is -3.49. The molecule has 2 fully saturated rings. The van der Waals surface area contributed by atoms with Crippen LogP contribution in [0.3, 0.4) is 0 Å². The smallest absolute Gasteiger partial charge is 0.243 e. The molecule has 2 saturated heterocycles. The van der Waals surface area contributed by atoms with Crippen molar-refractivity contribution in [3.63, 3.8) is 0 Å². The van der Waals surface area contributed by atoms with E-state index in [0.29, 0.717) is 30.8 Å². The molecule has 2 N–H and O–H groups in total. The second kappa shape index (κ2) is 8.69. The lowest BCUT2D eigenvalue weighted by Crippen LogP contribution is -2.45. The number of rotatable bonds is 4. The van der Waals surface area contributed by atoms with Crippen molar-refractivity contribution in [1.82, 2.24) is 14.9 Å². The summed E-state index contributed by atoms with van der Waals surface area (Å²) in [4.78, 5) is 12.7. The van der Waals surface area contributed by atoms with Crippen LogP contribution in [0.1, 0.15) is 30.4 Å². The largest absolute Gasteiger partial charge is 0.352 e. The normalized spacial score (nSPS) is 22.0. The molecule has 2 aliphatic rings. The Bertz CT molecular complexity index is 740. The molecule has 26 heavy (non-hydrogen) atoms. The van der Waals surface area contributed by atoms with E-state index in [1.54, 1.807) is 6.07 Å². The van der Waals surface area contributed by atoms with Gasteiger partial charge in [0, 0.05) is 31.6 Å². The standard InChI is InChI=1S/C18H27N3O3S.ClH/c1-13-3-4-17(14(2)11-13)25(23,24)21-9-6-15(7-10-21)18(22)20-16-5-8-19-12-16;/h3-4,11,15-16,19H,5-10,12H2,1-2H3,(H,20,22);1H. The lowest BCUT2D eigenvalue weighted by atomic mass is 9.97. The zero-order chi connectivity index (χ0) is 18.0. The number of aryl methyl sites for hydroxylation is 2. The molecule has 6 nitrogen and oxygen atoms in total. The third kappa shape index (κ3) is 4.57. The van der Waals surface area contributed by atoms with Crippen molar-refractivity contribution in [2.24, 2.45) is 5.92 Å². The van der Waals surface area contributed by atoms with Crippen molar-refractivity contribution < 1.29 is 13.2 Å². The SMILES string of the molecule is Cc1ccc(S(=O)(=O)N2CCC(C(=O)NC3CCNC3)CC2)c(C)c1.Cl. The van der Waals surface area contributed by atoms with Crippen molar-refractivity contribution in [3.05, 3.63) is 29.3 Å². The van der Waals surface area contributed by atoms with Crippen LogP contribution in [0.15, 0.2) is 23.1 Å². The summed E-state index contributed by atoms with van der Waals surface area (Å²) >= 11 is 0. The first-order valence-corrected chi connectivity index (χ1v) is 10.4. The van der Waals surface area contributed by atoms with E-state index in [0.717, 1.165) is 30.6 Å². The summed E-state index contributed by atoms with van der Waals surface area (Å²) in [5, 5.41) is 6.31. The Kier molecular flexibility index (Phi) is 7.07. The molecule has 0 aliphatic carbocycles. The van der Waals surface area contributed by atoms with E-state index in [9.17, 15) is 13.2 Å². The number of hydrogen-bond donors (Lipinski definition) is 2. The third-order valence-electron chi connectivity index (χ3n) is 5.18. The number of piperidine rings is 1. The zero-order valence-electron chi connectivity index (χ0n) is 15.3. The summed E-state index contributed by atoms with van der Waals surface area (Å²) in [6, 6.07) is 5.62. The van der Waals surface area contributed by atoms with E-state index < -0.39 is 10.0 Å². The fourth-order valence-corrected chi connectivity index (χ4v) is 5.36. The summed E-state index contributed by atoms with van der Waals surface area (Å²) in [6.45, 7) is 6.35. The molecule has 1 amide bonds. The minimum Gasteiger partial charge on any atom is -0.352 e. The van der Waals surface area contributed by atoms with Crippen LogP contribution in [-0.4, -0.2) is 50.9 Å². The van der Waals surface area contributed by atoms with E-state index in [2.05, 4.69) is 10.6 Å². The highest BCUT2D eigenvalue weighted by Gasteiger charge is 2.33. The maximum atomic E-state index is 12.9. The Hall–Kier alpha value is -1.15. The average Bonchev–Trinajstić information content (AvgIpc) is 3.07. The van der Waals surface area contributed by atoms with Gasteiger partial charge in [-0.1, -0.05) is 17.7 Å². The van der Waals surface area contributed by atoms with Gasteiger partial charge in [-0.3, -0.25) is 4.79 Å². The molecule has 0 radical (unpaired) electrons.